The Labute approximate surface area is 183 Å². The highest BCUT2D eigenvalue weighted by atomic mass is 32.1. The molecule has 0 atom stereocenters. The number of piperazine rings is 1. The maximum atomic E-state index is 12.0. The molecule has 1 saturated carbocycles. The molecule has 0 spiro atoms. The van der Waals surface area contributed by atoms with E-state index in [0.29, 0.717) is 6.42 Å². The number of aromatic nitrogens is 1. The molecule has 1 aliphatic carbocycles. The van der Waals surface area contributed by atoms with Crippen LogP contribution < -0.4 is 4.90 Å². The van der Waals surface area contributed by atoms with E-state index in [1.165, 1.54) is 35.9 Å². The number of hydrogen-bond acceptors (Lipinski definition) is 6. The molecule has 1 aliphatic heterocycles. The second-order valence-corrected chi connectivity index (χ2v) is 9.44. The van der Waals surface area contributed by atoms with Crippen LogP contribution in [-0.4, -0.2) is 66.7 Å². The Morgan fingerprint density at radius 3 is 2.67 bits per heavy atom. The van der Waals surface area contributed by atoms with Crippen LogP contribution >= 0.6 is 11.3 Å². The first-order chi connectivity index (χ1) is 14.7. The maximum absolute atomic E-state index is 12.0. The van der Waals surface area contributed by atoms with Crippen LogP contribution in [0.3, 0.4) is 0 Å². The molecule has 3 heterocycles. The van der Waals surface area contributed by atoms with Crippen LogP contribution in [-0.2, 0) is 9.63 Å². The van der Waals surface area contributed by atoms with Gasteiger partial charge in [-0.2, -0.15) is 0 Å². The number of anilines is 1. The molecular formula is C23H34N4O2S. The van der Waals surface area contributed by atoms with Crippen LogP contribution in [0.2, 0.25) is 0 Å². The Morgan fingerprint density at radius 1 is 1.20 bits per heavy atom. The molecule has 1 amide bonds. The van der Waals surface area contributed by atoms with Crippen molar-refractivity contribution in [3.05, 3.63) is 23.7 Å². The zero-order chi connectivity index (χ0) is 20.9. The van der Waals surface area contributed by atoms with E-state index in [-0.39, 0.29) is 11.9 Å². The van der Waals surface area contributed by atoms with Gasteiger partial charge in [0.05, 0.1) is 17.9 Å². The van der Waals surface area contributed by atoms with Crippen LogP contribution in [0.5, 0.6) is 0 Å². The van der Waals surface area contributed by atoms with Gasteiger partial charge in [-0.3, -0.25) is 14.5 Å². The Kier molecular flexibility index (Phi) is 7.23. The van der Waals surface area contributed by atoms with Gasteiger partial charge in [0.15, 0.2) is 0 Å². The van der Waals surface area contributed by atoms with Crippen molar-refractivity contribution in [2.45, 2.75) is 51.5 Å². The fourth-order valence-electron chi connectivity index (χ4n) is 4.93. The van der Waals surface area contributed by atoms with Crippen LogP contribution in [0.25, 0.3) is 10.1 Å². The Morgan fingerprint density at radius 2 is 1.97 bits per heavy atom. The van der Waals surface area contributed by atoms with Gasteiger partial charge in [0, 0.05) is 38.8 Å². The molecule has 7 heteroatoms. The average Bonchev–Trinajstić information content (AvgIpc) is 3.28. The zero-order valence-corrected chi connectivity index (χ0v) is 19.1. The van der Waals surface area contributed by atoms with Crippen LogP contribution in [0.4, 0.5) is 5.82 Å². The monoisotopic (exact) mass is 430 g/mol. The van der Waals surface area contributed by atoms with E-state index in [1.54, 1.807) is 23.5 Å². The number of hydroxylamine groups is 2. The van der Waals surface area contributed by atoms with Crippen LogP contribution in [0, 0.1) is 5.92 Å². The van der Waals surface area contributed by atoms with Crippen molar-refractivity contribution in [2.75, 3.05) is 44.7 Å². The molecule has 2 aliphatic rings. The molecule has 2 fully saturated rings. The van der Waals surface area contributed by atoms with Gasteiger partial charge in [-0.05, 0) is 67.5 Å². The van der Waals surface area contributed by atoms with Crippen molar-refractivity contribution in [3.8, 4) is 0 Å². The van der Waals surface area contributed by atoms with Crippen molar-refractivity contribution in [2.24, 2.45) is 5.92 Å². The molecule has 0 N–H and O–H groups in total. The number of carbonyl (C=O) groups excluding carboxylic acids is 1. The molecule has 1 saturated heterocycles. The smallest absolute Gasteiger partial charge is 0.246 e. The molecule has 0 bridgehead atoms. The van der Waals surface area contributed by atoms with Crippen molar-refractivity contribution in [1.29, 1.82) is 0 Å². The molecule has 6 nitrogen and oxygen atoms in total. The molecular weight excluding hydrogens is 396 g/mol. The van der Waals surface area contributed by atoms with E-state index in [9.17, 15) is 4.79 Å². The summed E-state index contributed by atoms with van der Waals surface area (Å²) in [4.78, 5) is 27.1. The van der Waals surface area contributed by atoms with E-state index in [0.717, 1.165) is 50.8 Å². The van der Waals surface area contributed by atoms with Gasteiger partial charge in [-0.1, -0.05) is 6.92 Å². The summed E-state index contributed by atoms with van der Waals surface area (Å²) in [6.07, 6.45) is 8.24. The first-order valence-electron chi connectivity index (χ1n) is 11.3. The van der Waals surface area contributed by atoms with E-state index in [1.807, 2.05) is 13.1 Å². The highest BCUT2D eigenvalue weighted by Gasteiger charge is 2.29. The van der Waals surface area contributed by atoms with Crippen LogP contribution in [0.15, 0.2) is 23.7 Å². The number of rotatable bonds is 7. The number of amides is 1. The number of pyridine rings is 1. The lowest BCUT2D eigenvalue weighted by atomic mass is 9.83. The molecule has 30 heavy (non-hydrogen) atoms. The molecule has 2 aromatic heterocycles. The van der Waals surface area contributed by atoms with E-state index in [4.69, 9.17) is 4.84 Å². The summed E-state index contributed by atoms with van der Waals surface area (Å²) in [5.41, 5.74) is 0. The lowest BCUT2D eigenvalue weighted by Gasteiger charge is -2.38. The predicted octanol–water partition coefficient (Wildman–Crippen LogP) is 4.17. The number of hydrogen-bond donors (Lipinski definition) is 0. The number of thiophene rings is 1. The lowest BCUT2D eigenvalue weighted by Crippen LogP contribution is -2.47. The van der Waals surface area contributed by atoms with E-state index in [2.05, 4.69) is 32.3 Å². The second-order valence-electron chi connectivity index (χ2n) is 8.52. The summed E-state index contributed by atoms with van der Waals surface area (Å²) in [7, 11) is 1.62. The van der Waals surface area contributed by atoms with Crippen molar-refractivity contribution >= 4 is 33.1 Å². The minimum atomic E-state index is 0.103. The van der Waals surface area contributed by atoms with Crippen molar-refractivity contribution in [3.63, 3.8) is 0 Å². The largest absolute Gasteiger partial charge is 0.353 e. The molecule has 164 valence electrons. The summed E-state index contributed by atoms with van der Waals surface area (Å²) in [6.45, 7) is 7.41. The maximum Gasteiger partial charge on any atom is 0.246 e. The third-order valence-corrected chi connectivity index (χ3v) is 7.69. The molecule has 4 rings (SSSR count). The summed E-state index contributed by atoms with van der Waals surface area (Å²) >= 11 is 1.79. The first-order valence-corrected chi connectivity index (χ1v) is 12.2. The van der Waals surface area contributed by atoms with Gasteiger partial charge in [0.25, 0.3) is 0 Å². The average molecular weight is 431 g/mol. The summed E-state index contributed by atoms with van der Waals surface area (Å²) in [6, 6.07) is 4.54. The normalized spacial score (nSPS) is 23.1. The predicted molar refractivity (Wildman–Crippen MR) is 123 cm³/mol. The van der Waals surface area contributed by atoms with Crippen molar-refractivity contribution < 1.29 is 9.63 Å². The molecule has 0 radical (unpaired) electrons. The van der Waals surface area contributed by atoms with E-state index < -0.39 is 0 Å². The quantitative estimate of drug-likeness (QED) is 0.617. The Bertz CT molecular complexity index is 825. The minimum absolute atomic E-state index is 0.103. The third-order valence-electron chi connectivity index (χ3n) is 6.77. The lowest BCUT2D eigenvalue weighted by molar-refractivity contribution is -0.192. The van der Waals surface area contributed by atoms with Crippen LogP contribution in [0.1, 0.15) is 45.4 Å². The van der Waals surface area contributed by atoms with Gasteiger partial charge in [-0.15, -0.1) is 11.3 Å². The third kappa shape index (κ3) is 4.79. The highest BCUT2D eigenvalue weighted by molar-refractivity contribution is 7.17. The SMILES string of the molecule is CCC(=O)N(OC)C1CCC(CCN2CCN(c3nccc4ccsc34)CC2)CC1. The summed E-state index contributed by atoms with van der Waals surface area (Å²) < 4.78 is 1.31. The number of nitrogens with zero attached hydrogens (tertiary/aromatic N) is 4. The second kappa shape index (κ2) is 10.1. The standard InChI is InChI=1S/C23H34N4O2S/c1-3-21(28)27(29-2)20-6-4-18(5-7-20)9-12-25-13-15-26(16-14-25)23-22-19(8-11-24-23)10-17-30-22/h8,10-11,17-18,20H,3-7,9,12-16H2,1-2H3. The Hall–Kier alpha value is -1.70. The summed E-state index contributed by atoms with van der Waals surface area (Å²) in [5.74, 6) is 2.03. The fraction of sp³-hybridized carbons (Fsp3) is 0.652. The van der Waals surface area contributed by atoms with Crippen molar-refractivity contribution in [1.82, 2.24) is 14.9 Å². The molecule has 0 unspecified atom stereocenters. The summed E-state index contributed by atoms with van der Waals surface area (Å²) in [5, 5.41) is 5.08. The molecule has 0 aromatic carbocycles. The number of carbonyl (C=O) groups is 1. The first kappa shape index (κ1) is 21.5. The van der Waals surface area contributed by atoms with Gasteiger partial charge >= 0.3 is 0 Å². The Balaban J connectivity index is 1.20. The fourth-order valence-corrected chi connectivity index (χ4v) is 5.84. The zero-order valence-electron chi connectivity index (χ0n) is 18.3. The van der Waals surface area contributed by atoms with E-state index >= 15 is 0 Å². The highest BCUT2D eigenvalue weighted by Crippen LogP contribution is 2.32. The molecule has 2 aromatic rings. The number of fused-ring (bicyclic) bond motifs is 1. The topological polar surface area (TPSA) is 48.9 Å². The van der Waals surface area contributed by atoms with Gasteiger partial charge in [0.1, 0.15) is 5.82 Å². The van der Waals surface area contributed by atoms with Gasteiger partial charge in [-0.25, -0.2) is 10.0 Å². The van der Waals surface area contributed by atoms with Gasteiger partial charge in [0.2, 0.25) is 5.91 Å². The minimum Gasteiger partial charge on any atom is -0.353 e. The van der Waals surface area contributed by atoms with Gasteiger partial charge < -0.3 is 4.90 Å².